The van der Waals surface area contributed by atoms with E-state index >= 15 is 0 Å². The maximum absolute atomic E-state index is 10.2. The quantitative estimate of drug-likeness (QED) is 0.840. The molecule has 2 fully saturated rings. The minimum absolute atomic E-state index is 0.238. The molecule has 0 aromatic carbocycles. The van der Waals surface area contributed by atoms with Crippen LogP contribution in [0.2, 0.25) is 0 Å². The Hall–Kier alpha value is -0.460. The lowest BCUT2D eigenvalue weighted by Gasteiger charge is -2.26. The van der Waals surface area contributed by atoms with Gasteiger partial charge in [0, 0.05) is 19.2 Å². The van der Waals surface area contributed by atoms with Crippen molar-refractivity contribution in [3.8, 4) is 0 Å². The normalized spacial score (nSPS) is 28.2. The molecule has 0 bridgehead atoms. The van der Waals surface area contributed by atoms with Crippen LogP contribution >= 0.6 is 11.3 Å². The lowest BCUT2D eigenvalue weighted by atomic mass is 10.1. The van der Waals surface area contributed by atoms with E-state index in [0.717, 1.165) is 26.0 Å². The van der Waals surface area contributed by atoms with Crippen LogP contribution in [0.1, 0.15) is 37.3 Å². The number of ether oxygens (including phenoxy) is 2. The molecule has 1 aromatic rings. The third-order valence-electron chi connectivity index (χ3n) is 4.37. The molecule has 21 heavy (non-hydrogen) atoms. The van der Waals surface area contributed by atoms with Crippen molar-refractivity contribution in [1.82, 2.24) is 4.90 Å². The van der Waals surface area contributed by atoms with Crippen LogP contribution < -0.4 is 0 Å². The molecule has 3 heterocycles. The number of nitrogens with zero attached hydrogens (tertiary/aromatic N) is 1. The average molecular weight is 311 g/mol. The van der Waals surface area contributed by atoms with Gasteiger partial charge in [-0.1, -0.05) is 0 Å². The second-order valence-electron chi connectivity index (χ2n) is 6.04. The van der Waals surface area contributed by atoms with Crippen LogP contribution in [-0.4, -0.2) is 55.1 Å². The van der Waals surface area contributed by atoms with Gasteiger partial charge in [-0.2, -0.15) is 11.3 Å². The smallest absolute Gasteiger partial charge is 0.0900 e. The highest BCUT2D eigenvalue weighted by Gasteiger charge is 2.27. The number of thiophene rings is 1. The molecule has 3 rings (SSSR count). The molecule has 1 aromatic heterocycles. The van der Waals surface area contributed by atoms with Crippen molar-refractivity contribution in [2.45, 2.75) is 43.9 Å². The third kappa shape index (κ3) is 4.27. The summed E-state index contributed by atoms with van der Waals surface area (Å²) in [5.41, 5.74) is 1.39. The van der Waals surface area contributed by atoms with E-state index in [0.29, 0.717) is 25.8 Å². The van der Waals surface area contributed by atoms with Gasteiger partial charge in [-0.15, -0.1) is 0 Å². The molecule has 2 aliphatic heterocycles. The van der Waals surface area contributed by atoms with Gasteiger partial charge in [0.1, 0.15) is 0 Å². The Morgan fingerprint density at radius 2 is 2.38 bits per heavy atom. The van der Waals surface area contributed by atoms with Crippen LogP contribution in [0.5, 0.6) is 0 Å². The lowest BCUT2D eigenvalue weighted by molar-refractivity contribution is -0.0261. The third-order valence-corrected chi connectivity index (χ3v) is 5.08. The maximum atomic E-state index is 10.2. The van der Waals surface area contributed by atoms with Crippen LogP contribution in [0.4, 0.5) is 0 Å². The molecule has 118 valence electrons. The molecule has 3 atom stereocenters. The van der Waals surface area contributed by atoms with Crippen LogP contribution in [0, 0.1) is 0 Å². The van der Waals surface area contributed by atoms with E-state index < -0.39 is 6.10 Å². The lowest BCUT2D eigenvalue weighted by Crippen LogP contribution is -2.35. The van der Waals surface area contributed by atoms with Gasteiger partial charge >= 0.3 is 0 Å². The highest BCUT2D eigenvalue weighted by molar-refractivity contribution is 7.07. The summed E-state index contributed by atoms with van der Waals surface area (Å²) in [5, 5.41) is 14.6. The molecular weight excluding hydrogens is 286 g/mol. The van der Waals surface area contributed by atoms with Crippen molar-refractivity contribution in [1.29, 1.82) is 0 Å². The fourth-order valence-electron chi connectivity index (χ4n) is 3.32. The van der Waals surface area contributed by atoms with Crippen LogP contribution in [0.15, 0.2) is 16.8 Å². The molecule has 0 radical (unpaired) electrons. The summed E-state index contributed by atoms with van der Waals surface area (Å²) in [7, 11) is 0. The van der Waals surface area contributed by atoms with E-state index in [4.69, 9.17) is 9.47 Å². The van der Waals surface area contributed by atoms with Crippen LogP contribution in [-0.2, 0) is 9.47 Å². The number of hydrogen-bond acceptors (Lipinski definition) is 5. The van der Waals surface area contributed by atoms with E-state index in [2.05, 4.69) is 21.7 Å². The van der Waals surface area contributed by atoms with Crippen molar-refractivity contribution in [3.63, 3.8) is 0 Å². The SMILES string of the molecule is O[C@H](COC[C@H]1CCCO1)CN1CCC[C@@H]1c1ccsc1. The second-order valence-corrected chi connectivity index (χ2v) is 6.82. The summed E-state index contributed by atoms with van der Waals surface area (Å²) >= 11 is 1.75. The fraction of sp³-hybridized carbons (Fsp3) is 0.750. The first-order chi connectivity index (χ1) is 10.3. The zero-order valence-electron chi connectivity index (χ0n) is 12.4. The summed E-state index contributed by atoms with van der Waals surface area (Å²) in [4.78, 5) is 2.39. The summed E-state index contributed by atoms with van der Waals surface area (Å²) in [6, 6.07) is 2.68. The molecule has 0 spiro atoms. The van der Waals surface area contributed by atoms with Crippen molar-refractivity contribution in [2.75, 3.05) is 32.9 Å². The Morgan fingerprint density at radius 1 is 1.43 bits per heavy atom. The van der Waals surface area contributed by atoms with Crippen molar-refractivity contribution < 1.29 is 14.6 Å². The highest BCUT2D eigenvalue weighted by atomic mass is 32.1. The Bertz CT molecular complexity index is 406. The summed E-state index contributed by atoms with van der Waals surface area (Å²) in [5.74, 6) is 0. The van der Waals surface area contributed by atoms with Gasteiger partial charge in [-0.05, 0) is 54.6 Å². The first-order valence-electron chi connectivity index (χ1n) is 7.96. The predicted octanol–water partition coefficient (Wildman–Crippen LogP) is 2.44. The van der Waals surface area contributed by atoms with Gasteiger partial charge in [0.2, 0.25) is 0 Å². The van der Waals surface area contributed by atoms with Gasteiger partial charge < -0.3 is 14.6 Å². The molecule has 4 nitrogen and oxygen atoms in total. The highest BCUT2D eigenvalue weighted by Crippen LogP contribution is 2.32. The molecule has 5 heteroatoms. The van der Waals surface area contributed by atoms with Gasteiger partial charge in [0.05, 0.1) is 25.4 Å². The fourth-order valence-corrected chi connectivity index (χ4v) is 4.03. The van der Waals surface area contributed by atoms with Gasteiger partial charge in [0.25, 0.3) is 0 Å². The maximum Gasteiger partial charge on any atom is 0.0900 e. The number of aliphatic hydroxyl groups is 1. The molecule has 2 aliphatic rings. The zero-order valence-corrected chi connectivity index (χ0v) is 13.3. The van der Waals surface area contributed by atoms with E-state index in [1.165, 1.54) is 18.4 Å². The minimum atomic E-state index is -0.411. The summed E-state index contributed by atoms with van der Waals surface area (Å²) in [6.07, 6.45) is 4.45. The van der Waals surface area contributed by atoms with E-state index in [-0.39, 0.29) is 6.10 Å². The summed E-state index contributed by atoms with van der Waals surface area (Å²) < 4.78 is 11.1. The Kier molecular flexibility index (Phi) is 5.66. The number of aliphatic hydroxyl groups excluding tert-OH is 1. The van der Waals surface area contributed by atoms with E-state index in [1.54, 1.807) is 11.3 Å². The van der Waals surface area contributed by atoms with Crippen molar-refractivity contribution in [2.24, 2.45) is 0 Å². The van der Waals surface area contributed by atoms with Crippen LogP contribution in [0.25, 0.3) is 0 Å². The Morgan fingerprint density at radius 3 is 3.14 bits per heavy atom. The standard InChI is InChI=1S/C16H25NO3S/c18-14(10-19-11-15-3-2-7-20-15)9-17-6-1-4-16(17)13-5-8-21-12-13/h5,8,12,14-16,18H,1-4,6-7,9-11H2/t14-,15+,16+/m0/s1. The predicted molar refractivity (Wildman–Crippen MR) is 83.7 cm³/mol. The Balaban J connectivity index is 1.40. The van der Waals surface area contributed by atoms with E-state index in [9.17, 15) is 5.11 Å². The van der Waals surface area contributed by atoms with Crippen molar-refractivity contribution in [3.05, 3.63) is 22.4 Å². The number of likely N-dealkylation sites (tertiary alicyclic amines) is 1. The summed E-state index contributed by atoms with van der Waals surface area (Å²) in [6.45, 7) is 3.65. The Labute approximate surface area is 130 Å². The first kappa shape index (κ1) is 15.4. The van der Waals surface area contributed by atoms with Gasteiger partial charge in [-0.3, -0.25) is 4.90 Å². The molecule has 0 unspecified atom stereocenters. The van der Waals surface area contributed by atoms with E-state index in [1.807, 2.05) is 0 Å². The van der Waals surface area contributed by atoms with Crippen LogP contribution in [0.3, 0.4) is 0 Å². The molecule has 1 N–H and O–H groups in total. The monoisotopic (exact) mass is 311 g/mol. The minimum Gasteiger partial charge on any atom is -0.389 e. The molecular formula is C16H25NO3S. The van der Waals surface area contributed by atoms with Gasteiger partial charge in [0.15, 0.2) is 0 Å². The van der Waals surface area contributed by atoms with Crippen molar-refractivity contribution >= 4 is 11.3 Å². The second kappa shape index (κ2) is 7.70. The molecule has 0 aliphatic carbocycles. The molecule has 0 amide bonds. The molecule has 2 saturated heterocycles. The number of rotatable bonds is 7. The first-order valence-corrected chi connectivity index (χ1v) is 8.91. The number of hydrogen-bond donors (Lipinski definition) is 1. The molecule has 0 saturated carbocycles. The topological polar surface area (TPSA) is 41.9 Å². The average Bonchev–Trinajstić information content (AvgIpc) is 3.20. The van der Waals surface area contributed by atoms with Gasteiger partial charge in [-0.25, -0.2) is 0 Å². The zero-order chi connectivity index (χ0) is 14.5. The largest absolute Gasteiger partial charge is 0.389 e. The number of β-amino-alcohol motifs (C(OH)–C–C–N with tert-alkyl or cyclic N) is 1.